The van der Waals surface area contributed by atoms with Crippen LogP contribution in [-0.4, -0.2) is 16.2 Å². The molecule has 0 saturated heterocycles. The minimum atomic E-state index is 0.635. The van der Waals surface area contributed by atoms with Gasteiger partial charge in [0.1, 0.15) is 5.75 Å². The van der Waals surface area contributed by atoms with Crippen molar-refractivity contribution in [2.75, 3.05) is 6.61 Å². The van der Waals surface area contributed by atoms with Crippen LogP contribution in [0.15, 0.2) is 42.7 Å². The van der Waals surface area contributed by atoms with E-state index in [0.29, 0.717) is 12.2 Å². The molecule has 0 radical (unpaired) electrons. The van der Waals surface area contributed by atoms with Crippen molar-refractivity contribution in [3.05, 3.63) is 59.4 Å². The third-order valence-electron chi connectivity index (χ3n) is 4.03. The highest BCUT2D eigenvalue weighted by atomic mass is 16.5. The fraction of sp³-hybridized carbons (Fsp3) is 0.263. The lowest BCUT2D eigenvalue weighted by molar-refractivity contribution is 0.302. The number of benzene rings is 2. The van der Waals surface area contributed by atoms with E-state index in [4.69, 9.17) is 10.00 Å². The van der Waals surface area contributed by atoms with E-state index in [2.05, 4.69) is 41.6 Å². The minimum absolute atomic E-state index is 0.635. The van der Waals surface area contributed by atoms with Crippen LogP contribution in [-0.2, 0) is 6.54 Å². The second-order valence-electron chi connectivity index (χ2n) is 5.70. The number of imidazole rings is 1. The number of ether oxygens (including phenoxy) is 1. The van der Waals surface area contributed by atoms with E-state index in [-0.39, 0.29) is 0 Å². The molecule has 3 rings (SSSR count). The third kappa shape index (κ3) is 3.35. The molecule has 0 bridgehead atoms. The SMILES string of the molecule is Cc1cc2ncn(CCCOc3ccc(C#N)cc3)c2cc1C. The molecule has 1 aromatic heterocycles. The molecule has 0 N–H and O–H groups in total. The molecule has 0 atom stereocenters. The van der Waals surface area contributed by atoms with E-state index in [1.165, 1.54) is 16.6 Å². The Morgan fingerprint density at radius 1 is 1.13 bits per heavy atom. The zero-order valence-electron chi connectivity index (χ0n) is 13.4. The summed E-state index contributed by atoms with van der Waals surface area (Å²) in [6.07, 6.45) is 2.80. The molecule has 0 fully saturated rings. The Bertz CT molecular complexity index is 857. The van der Waals surface area contributed by atoms with Gasteiger partial charge in [-0.1, -0.05) is 0 Å². The van der Waals surface area contributed by atoms with Crippen LogP contribution >= 0.6 is 0 Å². The molecule has 0 aliphatic carbocycles. The van der Waals surface area contributed by atoms with Crippen LogP contribution in [0.5, 0.6) is 5.75 Å². The van der Waals surface area contributed by atoms with Gasteiger partial charge in [-0.05, 0) is 67.8 Å². The molecule has 4 heteroatoms. The number of aryl methyl sites for hydroxylation is 3. The van der Waals surface area contributed by atoms with E-state index < -0.39 is 0 Å². The van der Waals surface area contributed by atoms with E-state index in [0.717, 1.165) is 24.2 Å². The minimum Gasteiger partial charge on any atom is -0.494 e. The van der Waals surface area contributed by atoms with E-state index in [1.54, 1.807) is 12.1 Å². The van der Waals surface area contributed by atoms with Crippen molar-refractivity contribution in [1.82, 2.24) is 9.55 Å². The molecule has 0 saturated carbocycles. The highest BCUT2D eigenvalue weighted by Crippen LogP contribution is 2.19. The first kappa shape index (κ1) is 15.1. The van der Waals surface area contributed by atoms with Crippen molar-refractivity contribution >= 4 is 11.0 Å². The average Bonchev–Trinajstić information content (AvgIpc) is 2.94. The van der Waals surface area contributed by atoms with Crippen molar-refractivity contribution in [1.29, 1.82) is 5.26 Å². The maximum Gasteiger partial charge on any atom is 0.119 e. The number of hydrogen-bond donors (Lipinski definition) is 0. The molecule has 0 amide bonds. The van der Waals surface area contributed by atoms with Crippen LogP contribution in [0.4, 0.5) is 0 Å². The van der Waals surface area contributed by atoms with Gasteiger partial charge >= 0.3 is 0 Å². The molecule has 2 aromatic carbocycles. The zero-order valence-corrected chi connectivity index (χ0v) is 13.4. The smallest absolute Gasteiger partial charge is 0.119 e. The zero-order chi connectivity index (χ0) is 16.2. The summed E-state index contributed by atoms with van der Waals surface area (Å²) >= 11 is 0. The molecule has 0 aliphatic rings. The highest BCUT2D eigenvalue weighted by molar-refractivity contribution is 5.77. The van der Waals surface area contributed by atoms with Crippen molar-refractivity contribution in [3.63, 3.8) is 0 Å². The second kappa shape index (κ2) is 6.53. The van der Waals surface area contributed by atoms with Crippen molar-refractivity contribution in [2.24, 2.45) is 0 Å². The van der Waals surface area contributed by atoms with E-state index in [1.807, 2.05) is 18.5 Å². The number of nitriles is 1. The topological polar surface area (TPSA) is 50.8 Å². The fourth-order valence-electron chi connectivity index (χ4n) is 2.54. The average molecular weight is 305 g/mol. The second-order valence-corrected chi connectivity index (χ2v) is 5.70. The van der Waals surface area contributed by atoms with Crippen LogP contribution in [0, 0.1) is 25.2 Å². The van der Waals surface area contributed by atoms with Gasteiger partial charge in [-0.25, -0.2) is 4.98 Å². The summed E-state index contributed by atoms with van der Waals surface area (Å²) in [5, 5.41) is 8.77. The Kier molecular flexibility index (Phi) is 4.29. The van der Waals surface area contributed by atoms with Crippen molar-refractivity contribution < 1.29 is 4.74 Å². The summed E-state index contributed by atoms with van der Waals surface area (Å²) in [5.74, 6) is 0.797. The number of aromatic nitrogens is 2. The molecule has 0 spiro atoms. The Morgan fingerprint density at radius 3 is 2.61 bits per heavy atom. The van der Waals surface area contributed by atoms with Crippen LogP contribution < -0.4 is 4.74 Å². The first-order valence-electron chi connectivity index (χ1n) is 7.72. The Balaban J connectivity index is 1.58. The molecule has 0 aliphatic heterocycles. The van der Waals surface area contributed by atoms with E-state index in [9.17, 15) is 0 Å². The summed E-state index contributed by atoms with van der Waals surface area (Å²) in [6, 6.07) is 13.6. The van der Waals surface area contributed by atoms with Crippen molar-refractivity contribution in [3.8, 4) is 11.8 Å². The molecular weight excluding hydrogens is 286 g/mol. The van der Waals surface area contributed by atoms with Gasteiger partial charge in [-0.3, -0.25) is 0 Å². The lowest BCUT2D eigenvalue weighted by Gasteiger charge is -2.08. The molecule has 23 heavy (non-hydrogen) atoms. The van der Waals surface area contributed by atoms with Crippen LogP contribution in [0.25, 0.3) is 11.0 Å². The highest BCUT2D eigenvalue weighted by Gasteiger charge is 2.05. The first-order valence-corrected chi connectivity index (χ1v) is 7.72. The molecule has 116 valence electrons. The molecule has 4 nitrogen and oxygen atoms in total. The fourth-order valence-corrected chi connectivity index (χ4v) is 2.54. The monoisotopic (exact) mass is 305 g/mol. The number of nitrogens with zero attached hydrogens (tertiary/aromatic N) is 3. The van der Waals surface area contributed by atoms with Crippen LogP contribution in [0.1, 0.15) is 23.1 Å². The first-order chi connectivity index (χ1) is 11.2. The summed E-state index contributed by atoms with van der Waals surface area (Å²) in [5.41, 5.74) is 5.42. The normalized spacial score (nSPS) is 10.7. The molecular formula is C19H19N3O. The van der Waals surface area contributed by atoms with Crippen LogP contribution in [0.3, 0.4) is 0 Å². The number of fused-ring (bicyclic) bond motifs is 1. The Morgan fingerprint density at radius 2 is 1.87 bits per heavy atom. The maximum absolute atomic E-state index is 8.77. The quantitative estimate of drug-likeness (QED) is 0.670. The standard InChI is InChI=1S/C19H19N3O/c1-14-10-18-19(11-15(14)2)22(13-21-18)8-3-9-23-17-6-4-16(12-20)5-7-17/h4-7,10-11,13H,3,8-9H2,1-2H3. The van der Waals surface area contributed by atoms with Gasteiger partial charge in [0.05, 0.1) is 35.6 Å². The Labute approximate surface area is 136 Å². The van der Waals surface area contributed by atoms with Gasteiger partial charge in [-0.2, -0.15) is 5.26 Å². The van der Waals surface area contributed by atoms with E-state index >= 15 is 0 Å². The van der Waals surface area contributed by atoms with Gasteiger partial charge in [0.15, 0.2) is 0 Å². The molecule has 1 heterocycles. The number of hydrogen-bond acceptors (Lipinski definition) is 3. The Hall–Kier alpha value is -2.80. The number of rotatable bonds is 5. The molecule has 0 unspecified atom stereocenters. The predicted octanol–water partition coefficient (Wildman–Crippen LogP) is 3.99. The van der Waals surface area contributed by atoms with Gasteiger partial charge < -0.3 is 9.30 Å². The lowest BCUT2D eigenvalue weighted by atomic mass is 10.1. The summed E-state index contributed by atoms with van der Waals surface area (Å²) in [7, 11) is 0. The predicted molar refractivity (Wildman–Crippen MR) is 90.5 cm³/mol. The maximum atomic E-state index is 8.77. The lowest BCUT2D eigenvalue weighted by Crippen LogP contribution is -2.04. The third-order valence-corrected chi connectivity index (χ3v) is 4.03. The van der Waals surface area contributed by atoms with Gasteiger partial charge in [-0.15, -0.1) is 0 Å². The van der Waals surface area contributed by atoms with Gasteiger partial charge in [0.2, 0.25) is 0 Å². The molecule has 3 aromatic rings. The van der Waals surface area contributed by atoms with Crippen molar-refractivity contribution in [2.45, 2.75) is 26.8 Å². The summed E-state index contributed by atoms with van der Waals surface area (Å²) in [6.45, 7) is 5.74. The summed E-state index contributed by atoms with van der Waals surface area (Å²) in [4.78, 5) is 4.47. The largest absolute Gasteiger partial charge is 0.494 e. The van der Waals surface area contributed by atoms with Gasteiger partial charge in [0, 0.05) is 6.54 Å². The summed E-state index contributed by atoms with van der Waals surface area (Å²) < 4.78 is 7.89. The van der Waals surface area contributed by atoms with Gasteiger partial charge in [0.25, 0.3) is 0 Å². The van der Waals surface area contributed by atoms with Crippen LogP contribution in [0.2, 0.25) is 0 Å².